The van der Waals surface area contributed by atoms with Crippen LogP contribution in [0.5, 0.6) is 0 Å². The zero-order chi connectivity index (χ0) is 22.5. The van der Waals surface area contributed by atoms with Gasteiger partial charge in [0, 0.05) is 34.1 Å². The highest BCUT2D eigenvalue weighted by atomic mass is 35.5. The molecule has 164 valence electrons. The van der Waals surface area contributed by atoms with Gasteiger partial charge in [0.15, 0.2) is 11.0 Å². The summed E-state index contributed by atoms with van der Waals surface area (Å²) in [4.78, 5) is 24.1. The van der Waals surface area contributed by atoms with Gasteiger partial charge in [-0.1, -0.05) is 44.1 Å². The summed E-state index contributed by atoms with van der Waals surface area (Å²) in [7, 11) is 0. The number of nitrogens with zero attached hydrogens (tertiary/aromatic N) is 4. The number of anilines is 1. The Morgan fingerprint density at radius 1 is 1.35 bits per heavy atom. The van der Waals surface area contributed by atoms with Crippen LogP contribution in [0.3, 0.4) is 0 Å². The number of nitro groups is 1. The Kier molecular flexibility index (Phi) is 7.69. The van der Waals surface area contributed by atoms with E-state index in [4.69, 9.17) is 11.6 Å². The average molecular weight is 480 g/mol. The Hall–Kier alpha value is -2.43. The minimum atomic E-state index is -0.587. The fourth-order valence-corrected chi connectivity index (χ4v) is 4.72. The minimum Gasteiger partial charge on any atom is -0.325 e. The Morgan fingerprint density at radius 3 is 2.77 bits per heavy atom. The van der Waals surface area contributed by atoms with Crippen molar-refractivity contribution in [3.05, 3.63) is 49.7 Å². The summed E-state index contributed by atoms with van der Waals surface area (Å²) in [6.45, 7) is 7.12. The molecule has 2 aromatic heterocycles. The molecule has 0 aliphatic carbocycles. The maximum absolute atomic E-state index is 12.4. The van der Waals surface area contributed by atoms with Crippen LogP contribution in [0.15, 0.2) is 34.8 Å². The van der Waals surface area contributed by atoms with E-state index in [0.29, 0.717) is 16.8 Å². The third-order valence-electron chi connectivity index (χ3n) is 4.37. The number of carbonyl (C=O) groups is 1. The molecule has 8 nitrogen and oxygen atoms in total. The molecule has 1 amide bonds. The third-order valence-corrected chi connectivity index (χ3v) is 6.89. The number of thioether (sulfide) groups is 1. The number of aromatic nitrogens is 3. The number of nitro benzene ring substituents is 1. The largest absolute Gasteiger partial charge is 0.325 e. The monoisotopic (exact) mass is 479 g/mol. The van der Waals surface area contributed by atoms with Crippen LogP contribution in [0.25, 0.3) is 11.4 Å². The third kappa shape index (κ3) is 5.63. The summed E-state index contributed by atoms with van der Waals surface area (Å²) >= 11 is 8.79. The summed E-state index contributed by atoms with van der Waals surface area (Å²) in [6, 6.07) is 6.29. The van der Waals surface area contributed by atoms with Crippen molar-refractivity contribution in [2.45, 2.75) is 44.8 Å². The van der Waals surface area contributed by atoms with Crippen LogP contribution in [0.1, 0.15) is 38.0 Å². The van der Waals surface area contributed by atoms with Crippen LogP contribution in [0.4, 0.5) is 11.4 Å². The van der Waals surface area contributed by atoms with E-state index in [2.05, 4.69) is 47.7 Å². The summed E-state index contributed by atoms with van der Waals surface area (Å²) in [5.74, 6) is 1.04. The van der Waals surface area contributed by atoms with Crippen molar-refractivity contribution in [1.82, 2.24) is 14.8 Å². The van der Waals surface area contributed by atoms with Gasteiger partial charge < -0.3 is 9.88 Å². The number of thiophene rings is 1. The fraction of sp³-hybridized carbons (Fsp3) is 0.350. The van der Waals surface area contributed by atoms with E-state index < -0.39 is 4.92 Å². The Bertz CT molecular complexity index is 1100. The quantitative estimate of drug-likeness (QED) is 0.235. The van der Waals surface area contributed by atoms with Crippen LogP contribution in [0.2, 0.25) is 5.02 Å². The number of halogens is 1. The zero-order valence-corrected chi connectivity index (χ0v) is 19.7. The molecule has 11 heteroatoms. The van der Waals surface area contributed by atoms with Gasteiger partial charge in [-0.3, -0.25) is 14.9 Å². The van der Waals surface area contributed by atoms with Gasteiger partial charge in [-0.2, -0.15) is 0 Å². The van der Waals surface area contributed by atoms with Crippen molar-refractivity contribution in [3.8, 4) is 11.4 Å². The summed E-state index contributed by atoms with van der Waals surface area (Å²) < 4.78 is 2.03. The lowest BCUT2D eigenvalue weighted by Gasteiger charge is -2.08. The van der Waals surface area contributed by atoms with Crippen molar-refractivity contribution < 1.29 is 9.72 Å². The van der Waals surface area contributed by atoms with Gasteiger partial charge in [-0.25, -0.2) is 0 Å². The van der Waals surface area contributed by atoms with Gasteiger partial charge in [0.1, 0.15) is 5.02 Å². The maximum atomic E-state index is 12.4. The molecule has 0 atom stereocenters. The molecule has 0 saturated carbocycles. The van der Waals surface area contributed by atoms with E-state index in [1.54, 1.807) is 11.3 Å². The predicted octanol–water partition coefficient (Wildman–Crippen LogP) is 5.83. The van der Waals surface area contributed by atoms with Gasteiger partial charge in [0.25, 0.3) is 5.69 Å². The SMILES string of the molecule is CCCn1c(SCC(=O)Nc2ccc(Cl)c([N+](=O)[O-])c2)nnc1-c1csc(C(C)C)c1. The molecule has 0 unspecified atom stereocenters. The topological polar surface area (TPSA) is 103 Å². The highest BCUT2D eigenvalue weighted by Crippen LogP contribution is 2.31. The predicted molar refractivity (Wildman–Crippen MR) is 125 cm³/mol. The number of hydrogen-bond donors (Lipinski definition) is 1. The smallest absolute Gasteiger partial charge is 0.289 e. The van der Waals surface area contributed by atoms with Crippen LogP contribution in [-0.2, 0) is 11.3 Å². The molecule has 0 spiro atoms. The maximum Gasteiger partial charge on any atom is 0.289 e. The van der Waals surface area contributed by atoms with Gasteiger partial charge >= 0.3 is 0 Å². The van der Waals surface area contributed by atoms with Crippen LogP contribution >= 0.6 is 34.7 Å². The number of carbonyl (C=O) groups excluding carboxylic acids is 1. The molecule has 0 saturated heterocycles. The van der Waals surface area contributed by atoms with E-state index in [9.17, 15) is 14.9 Å². The summed E-state index contributed by atoms with van der Waals surface area (Å²) in [6.07, 6.45) is 0.903. The molecule has 0 radical (unpaired) electrons. The highest BCUT2D eigenvalue weighted by molar-refractivity contribution is 7.99. The fourth-order valence-electron chi connectivity index (χ4n) is 2.86. The van der Waals surface area contributed by atoms with Crippen LogP contribution in [0, 0.1) is 10.1 Å². The molecule has 3 aromatic rings. The zero-order valence-electron chi connectivity index (χ0n) is 17.3. The first-order chi connectivity index (χ1) is 14.8. The van der Waals surface area contributed by atoms with Gasteiger partial charge in [-0.15, -0.1) is 21.5 Å². The first kappa shape index (κ1) is 23.2. The van der Waals surface area contributed by atoms with E-state index in [-0.39, 0.29) is 22.4 Å². The van der Waals surface area contributed by atoms with Crippen molar-refractivity contribution in [1.29, 1.82) is 0 Å². The first-order valence-electron chi connectivity index (χ1n) is 9.68. The number of benzene rings is 1. The molecule has 0 aliphatic rings. The summed E-state index contributed by atoms with van der Waals surface area (Å²) in [5, 5.41) is 25.1. The second-order valence-corrected chi connectivity index (χ2v) is 9.40. The van der Waals surface area contributed by atoms with Gasteiger partial charge in [0.05, 0.1) is 10.7 Å². The van der Waals surface area contributed by atoms with Crippen molar-refractivity contribution in [2.24, 2.45) is 0 Å². The molecule has 2 heterocycles. The molecule has 31 heavy (non-hydrogen) atoms. The Morgan fingerprint density at radius 2 is 2.13 bits per heavy atom. The van der Waals surface area contributed by atoms with Crippen molar-refractivity contribution >= 4 is 52.0 Å². The van der Waals surface area contributed by atoms with Crippen molar-refractivity contribution in [2.75, 3.05) is 11.1 Å². The molecule has 0 fully saturated rings. The highest BCUT2D eigenvalue weighted by Gasteiger charge is 2.18. The second-order valence-electron chi connectivity index (χ2n) is 7.11. The molecule has 1 aromatic carbocycles. The average Bonchev–Trinajstić information content (AvgIpc) is 3.35. The minimum absolute atomic E-state index is 0.0200. The van der Waals surface area contributed by atoms with Crippen molar-refractivity contribution in [3.63, 3.8) is 0 Å². The molecule has 1 N–H and O–H groups in total. The lowest BCUT2D eigenvalue weighted by Crippen LogP contribution is -2.15. The molecular weight excluding hydrogens is 458 g/mol. The van der Waals surface area contributed by atoms with Crippen LogP contribution in [-0.4, -0.2) is 31.3 Å². The van der Waals surface area contributed by atoms with Gasteiger partial charge in [-0.05, 0) is 30.5 Å². The lowest BCUT2D eigenvalue weighted by atomic mass is 10.1. The number of hydrogen-bond acceptors (Lipinski definition) is 7. The molecule has 0 bridgehead atoms. The normalized spacial score (nSPS) is 11.1. The number of amides is 1. The van der Waals surface area contributed by atoms with E-state index >= 15 is 0 Å². The van der Waals surface area contributed by atoms with E-state index in [0.717, 1.165) is 24.4 Å². The lowest BCUT2D eigenvalue weighted by molar-refractivity contribution is -0.384. The summed E-state index contributed by atoms with van der Waals surface area (Å²) in [5.41, 5.74) is 1.09. The molecule has 0 aliphatic heterocycles. The standard InChI is InChI=1S/C20H22ClN5O3S2/c1-4-7-25-19(13-8-17(12(2)3)30-10-13)23-24-20(25)31-11-18(27)22-14-5-6-15(21)16(9-14)26(28)29/h5-6,8-10,12H,4,7,11H2,1-3H3,(H,22,27). The van der Waals surface area contributed by atoms with Crippen LogP contribution < -0.4 is 5.32 Å². The van der Waals surface area contributed by atoms with E-state index in [1.807, 2.05) is 4.57 Å². The molecule has 3 rings (SSSR count). The number of rotatable bonds is 9. The van der Waals surface area contributed by atoms with E-state index in [1.165, 1.54) is 34.8 Å². The molecular formula is C20H22ClN5O3S2. The number of nitrogens with one attached hydrogen (secondary N) is 1. The Balaban J connectivity index is 1.71. The Labute approximate surface area is 193 Å². The van der Waals surface area contributed by atoms with Gasteiger partial charge in [0.2, 0.25) is 5.91 Å². The second kappa shape index (κ2) is 10.3. The first-order valence-corrected chi connectivity index (χ1v) is 11.9.